The van der Waals surface area contributed by atoms with E-state index in [1.54, 1.807) is 7.11 Å². The van der Waals surface area contributed by atoms with E-state index in [9.17, 15) is 14.7 Å². The predicted octanol–water partition coefficient (Wildman–Crippen LogP) is 2.03. The molecular formula is C25H31N3O4. The molecule has 1 aromatic heterocycles. The Hall–Kier alpha value is -2.64. The molecule has 2 aliphatic heterocycles. The van der Waals surface area contributed by atoms with Crippen LogP contribution in [0.1, 0.15) is 31.5 Å². The number of aliphatic hydroxyl groups is 1. The summed E-state index contributed by atoms with van der Waals surface area (Å²) >= 11 is 0. The molecule has 0 radical (unpaired) electrons. The molecule has 7 heteroatoms. The summed E-state index contributed by atoms with van der Waals surface area (Å²) in [4.78, 5) is 29.1. The van der Waals surface area contributed by atoms with Gasteiger partial charge in [-0.3, -0.25) is 14.5 Å². The van der Waals surface area contributed by atoms with Crippen LogP contribution in [0.25, 0.3) is 11.1 Å². The van der Waals surface area contributed by atoms with Crippen molar-refractivity contribution in [3.63, 3.8) is 0 Å². The second-order valence-electron chi connectivity index (χ2n) is 9.24. The molecule has 1 aromatic carbocycles. The number of nitrogens with zero attached hydrogens (tertiary/aromatic N) is 2. The molecule has 32 heavy (non-hydrogen) atoms. The van der Waals surface area contributed by atoms with Crippen LogP contribution in [-0.4, -0.2) is 53.3 Å². The maximum atomic E-state index is 13.6. The van der Waals surface area contributed by atoms with Gasteiger partial charge in [0.05, 0.1) is 19.1 Å². The molecule has 1 saturated heterocycles. The summed E-state index contributed by atoms with van der Waals surface area (Å²) in [7, 11) is 1.62. The molecule has 1 aliphatic carbocycles. The van der Waals surface area contributed by atoms with Crippen LogP contribution in [0.5, 0.6) is 5.75 Å². The van der Waals surface area contributed by atoms with Crippen LogP contribution < -0.4 is 15.6 Å². The summed E-state index contributed by atoms with van der Waals surface area (Å²) in [5.41, 5.74) is 2.33. The number of benzene rings is 1. The zero-order valence-corrected chi connectivity index (χ0v) is 18.7. The number of aliphatic hydroxyl groups excluding tert-OH is 1. The Morgan fingerprint density at radius 3 is 2.56 bits per heavy atom. The number of carbonyl (C=O) groups excluding carboxylic acids is 1. The number of hydrogen-bond acceptors (Lipinski definition) is 5. The van der Waals surface area contributed by atoms with E-state index in [4.69, 9.17) is 4.74 Å². The van der Waals surface area contributed by atoms with E-state index in [0.717, 1.165) is 23.6 Å². The lowest BCUT2D eigenvalue weighted by molar-refractivity contribution is -0.127. The highest BCUT2D eigenvalue weighted by Gasteiger charge is 2.56. The van der Waals surface area contributed by atoms with Crippen molar-refractivity contribution in [3.8, 4) is 16.9 Å². The first-order valence-electron chi connectivity index (χ1n) is 11.6. The van der Waals surface area contributed by atoms with Crippen molar-refractivity contribution in [1.82, 2.24) is 14.8 Å². The molecule has 170 valence electrons. The fourth-order valence-electron chi connectivity index (χ4n) is 5.66. The van der Waals surface area contributed by atoms with Crippen LogP contribution in [0.4, 0.5) is 0 Å². The van der Waals surface area contributed by atoms with E-state index in [2.05, 4.69) is 10.2 Å². The van der Waals surface area contributed by atoms with Gasteiger partial charge in [-0.05, 0) is 55.5 Å². The summed E-state index contributed by atoms with van der Waals surface area (Å²) in [6.07, 6.45) is 2.43. The van der Waals surface area contributed by atoms with E-state index < -0.39 is 0 Å². The Morgan fingerprint density at radius 2 is 1.94 bits per heavy atom. The van der Waals surface area contributed by atoms with Crippen LogP contribution in [0, 0.1) is 17.8 Å². The van der Waals surface area contributed by atoms with Crippen LogP contribution in [0.3, 0.4) is 0 Å². The number of pyridine rings is 1. The van der Waals surface area contributed by atoms with Gasteiger partial charge in [-0.1, -0.05) is 12.1 Å². The summed E-state index contributed by atoms with van der Waals surface area (Å²) < 4.78 is 7.09. The number of nitrogens with one attached hydrogen (secondary N) is 1. The van der Waals surface area contributed by atoms with Crippen molar-refractivity contribution >= 4 is 5.91 Å². The van der Waals surface area contributed by atoms with Gasteiger partial charge in [0, 0.05) is 49.5 Å². The molecule has 0 unspecified atom stereocenters. The minimum Gasteiger partial charge on any atom is -0.497 e. The summed E-state index contributed by atoms with van der Waals surface area (Å²) in [5.74, 6) is 0.831. The first-order valence-corrected chi connectivity index (χ1v) is 11.6. The van der Waals surface area contributed by atoms with Crippen LogP contribution in [0.2, 0.25) is 0 Å². The molecule has 0 spiro atoms. The number of amides is 1. The van der Waals surface area contributed by atoms with Crippen molar-refractivity contribution in [3.05, 3.63) is 52.4 Å². The third kappa shape index (κ3) is 3.44. The van der Waals surface area contributed by atoms with Crippen molar-refractivity contribution in [2.45, 2.75) is 38.4 Å². The normalized spacial score (nSPS) is 26.6. The standard InChI is InChI=1S/C25H31N3O4/c1-3-26-24(30)22-19(14-29)21-13-28-20(23(22)27(21)12-15-4-5-15)11-10-18(25(28)31)16-6-8-17(32-2)9-7-16/h6-11,15,19,21-23,29H,3-5,12-14H2,1-2H3,(H,26,30)/t19-,21-,22+,23+/m1/s1. The second-order valence-corrected chi connectivity index (χ2v) is 9.24. The van der Waals surface area contributed by atoms with Gasteiger partial charge >= 0.3 is 0 Å². The lowest BCUT2D eigenvalue weighted by Gasteiger charge is -2.38. The largest absolute Gasteiger partial charge is 0.497 e. The molecule has 2 bridgehead atoms. The van der Waals surface area contributed by atoms with Gasteiger partial charge < -0.3 is 19.7 Å². The lowest BCUT2D eigenvalue weighted by atomic mass is 9.86. The van der Waals surface area contributed by atoms with Crippen molar-refractivity contribution in [2.24, 2.45) is 17.8 Å². The number of rotatable bonds is 7. The minimum atomic E-state index is -0.358. The third-order valence-corrected chi connectivity index (χ3v) is 7.39. The Labute approximate surface area is 188 Å². The third-order valence-electron chi connectivity index (χ3n) is 7.39. The predicted molar refractivity (Wildman–Crippen MR) is 121 cm³/mol. The zero-order valence-electron chi connectivity index (χ0n) is 18.7. The molecule has 5 rings (SSSR count). The topological polar surface area (TPSA) is 83.8 Å². The van der Waals surface area contributed by atoms with Gasteiger partial charge in [0.2, 0.25) is 5.91 Å². The van der Waals surface area contributed by atoms with Crippen LogP contribution in [0.15, 0.2) is 41.2 Å². The average Bonchev–Trinajstić information content (AvgIpc) is 3.59. The lowest BCUT2D eigenvalue weighted by Crippen LogP contribution is -2.47. The molecule has 3 aliphatic rings. The van der Waals surface area contributed by atoms with E-state index in [1.165, 1.54) is 12.8 Å². The summed E-state index contributed by atoms with van der Waals surface area (Å²) in [6.45, 7) is 3.84. The number of hydrogen-bond donors (Lipinski definition) is 2. The van der Waals surface area contributed by atoms with E-state index >= 15 is 0 Å². The molecule has 1 amide bonds. The molecule has 7 nitrogen and oxygen atoms in total. The first-order chi connectivity index (χ1) is 15.6. The molecule has 3 heterocycles. The average molecular weight is 438 g/mol. The summed E-state index contributed by atoms with van der Waals surface area (Å²) in [6, 6.07) is 11.2. The van der Waals surface area contributed by atoms with Gasteiger partial charge in [-0.15, -0.1) is 0 Å². The number of carbonyl (C=O) groups is 1. The quantitative estimate of drug-likeness (QED) is 0.693. The highest BCUT2D eigenvalue weighted by atomic mass is 16.5. The van der Waals surface area contributed by atoms with E-state index in [1.807, 2.05) is 47.9 Å². The number of ether oxygens (including phenoxy) is 1. The van der Waals surface area contributed by atoms with Crippen molar-refractivity contribution < 1.29 is 14.6 Å². The number of aromatic nitrogens is 1. The molecule has 1 saturated carbocycles. The highest BCUT2D eigenvalue weighted by molar-refractivity contribution is 5.80. The maximum Gasteiger partial charge on any atom is 0.258 e. The van der Waals surface area contributed by atoms with Gasteiger partial charge in [0.25, 0.3) is 5.56 Å². The molecular weight excluding hydrogens is 406 g/mol. The van der Waals surface area contributed by atoms with E-state index in [0.29, 0.717) is 24.6 Å². The monoisotopic (exact) mass is 437 g/mol. The smallest absolute Gasteiger partial charge is 0.258 e. The Bertz CT molecular complexity index is 1060. The highest BCUT2D eigenvalue weighted by Crippen LogP contribution is 2.50. The maximum absolute atomic E-state index is 13.6. The van der Waals surface area contributed by atoms with Crippen molar-refractivity contribution in [1.29, 1.82) is 0 Å². The van der Waals surface area contributed by atoms with Gasteiger partial charge in [0.1, 0.15) is 5.75 Å². The Morgan fingerprint density at radius 1 is 1.19 bits per heavy atom. The Kier molecular flexibility index (Phi) is 5.55. The molecule has 2 aromatic rings. The fourth-order valence-corrected chi connectivity index (χ4v) is 5.66. The molecule has 2 fully saturated rings. The van der Waals surface area contributed by atoms with Crippen LogP contribution >= 0.6 is 0 Å². The Balaban J connectivity index is 1.58. The van der Waals surface area contributed by atoms with Gasteiger partial charge in [-0.25, -0.2) is 0 Å². The van der Waals surface area contributed by atoms with Crippen LogP contribution in [-0.2, 0) is 11.3 Å². The zero-order chi connectivity index (χ0) is 22.4. The molecule has 2 N–H and O–H groups in total. The minimum absolute atomic E-state index is 0.0190. The van der Waals surface area contributed by atoms with Gasteiger partial charge in [0.15, 0.2) is 0 Å². The number of fused-ring (bicyclic) bond motifs is 4. The molecule has 4 atom stereocenters. The van der Waals surface area contributed by atoms with Crippen molar-refractivity contribution in [2.75, 3.05) is 26.8 Å². The van der Waals surface area contributed by atoms with Gasteiger partial charge in [-0.2, -0.15) is 0 Å². The van der Waals surface area contributed by atoms with E-state index in [-0.39, 0.29) is 42.0 Å². The summed E-state index contributed by atoms with van der Waals surface area (Å²) in [5, 5.41) is 13.3. The SMILES string of the molecule is CCNC(=O)[C@H]1[C@H](CO)[C@H]2Cn3c(ccc(-c4ccc(OC)cc4)c3=O)[C@@H]1N2CC1CC1. The fraction of sp³-hybridized carbons (Fsp3) is 0.520. The second kappa shape index (κ2) is 8.37. The first kappa shape index (κ1) is 21.2. The number of methoxy groups -OCH3 is 1.